The fourth-order valence-electron chi connectivity index (χ4n) is 2.56. The molecule has 1 spiro atoms. The number of rotatable bonds is 5. The maximum atomic E-state index is 12.3. The van der Waals surface area contributed by atoms with Crippen LogP contribution < -0.4 is 5.32 Å². The predicted molar refractivity (Wildman–Crippen MR) is 68.6 cm³/mol. The molecule has 1 N–H and O–H groups in total. The first-order valence-corrected chi connectivity index (χ1v) is 6.68. The number of hydrogen-bond donors (Lipinski definition) is 1. The standard InChI is InChI=1S/C13H25N3O/c1-10(2)9-11-14-13(5-6-13)12(17)16(11)8-7-15(3)4/h10-11,14H,5-9H2,1-4H3. The molecule has 1 amide bonds. The minimum Gasteiger partial charge on any atom is -0.324 e. The van der Waals surface area contributed by atoms with E-state index in [1.807, 2.05) is 0 Å². The monoisotopic (exact) mass is 239 g/mol. The van der Waals surface area contributed by atoms with E-state index in [2.05, 4.69) is 43.1 Å². The van der Waals surface area contributed by atoms with E-state index >= 15 is 0 Å². The lowest BCUT2D eigenvalue weighted by Gasteiger charge is -2.26. The largest absolute Gasteiger partial charge is 0.324 e. The highest BCUT2D eigenvalue weighted by Crippen LogP contribution is 2.42. The molecule has 1 aliphatic carbocycles. The van der Waals surface area contributed by atoms with Gasteiger partial charge in [0, 0.05) is 13.1 Å². The lowest BCUT2D eigenvalue weighted by atomic mass is 10.1. The minimum atomic E-state index is -0.161. The fourth-order valence-corrected chi connectivity index (χ4v) is 2.56. The number of nitrogens with one attached hydrogen (secondary N) is 1. The molecule has 0 aromatic rings. The first kappa shape index (κ1) is 12.8. The molecular weight excluding hydrogens is 214 g/mol. The summed E-state index contributed by atoms with van der Waals surface area (Å²) in [6.45, 7) is 6.22. The molecule has 4 heteroatoms. The van der Waals surface area contributed by atoms with E-state index in [4.69, 9.17) is 0 Å². The van der Waals surface area contributed by atoms with Crippen molar-refractivity contribution < 1.29 is 4.79 Å². The van der Waals surface area contributed by atoms with Crippen molar-refractivity contribution in [3.8, 4) is 0 Å². The van der Waals surface area contributed by atoms with Crippen molar-refractivity contribution in [2.24, 2.45) is 5.92 Å². The fraction of sp³-hybridized carbons (Fsp3) is 0.923. The van der Waals surface area contributed by atoms with E-state index in [0.29, 0.717) is 11.8 Å². The molecule has 0 radical (unpaired) electrons. The number of amides is 1. The van der Waals surface area contributed by atoms with Crippen LogP contribution in [0.25, 0.3) is 0 Å². The Morgan fingerprint density at radius 3 is 2.59 bits per heavy atom. The van der Waals surface area contributed by atoms with Gasteiger partial charge >= 0.3 is 0 Å². The molecule has 2 rings (SSSR count). The average molecular weight is 239 g/mol. The summed E-state index contributed by atoms with van der Waals surface area (Å²) >= 11 is 0. The van der Waals surface area contributed by atoms with Crippen LogP contribution in [0.1, 0.15) is 33.1 Å². The zero-order valence-corrected chi connectivity index (χ0v) is 11.5. The lowest BCUT2D eigenvalue weighted by Crippen LogP contribution is -2.41. The quantitative estimate of drug-likeness (QED) is 0.774. The Hall–Kier alpha value is -0.610. The summed E-state index contributed by atoms with van der Waals surface area (Å²) in [5, 5.41) is 3.55. The first-order valence-electron chi connectivity index (χ1n) is 6.68. The summed E-state index contributed by atoms with van der Waals surface area (Å²) < 4.78 is 0. The molecule has 0 bridgehead atoms. The van der Waals surface area contributed by atoms with Crippen molar-refractivity contribution in [3.05, 3.63) is 0 Å². The van der Waals surface area contributed by atoms with Crippen LogP contribution >= 0.6 is 0 Å². The summed E-state index contributed by atoms with van der Waals surface area (Å²) in [5.74, 6) is 0.959. The Bertz CT molecular complexity index is 297. The molecule has 98 valence electrons. The van der Waals surface area contributed by atoms with Crippen molar-refractivity contribution in [3.63, 3.8) is 0 Å². The highest BCUT2D eigenvalue weighted by Gasteiger charge is 2.58. The second-order valence-corrected chi connectivity index (χ2v) is 6.17. The molecular formula is C13H25N3O. The molecule has 2 aliphatic rings. The van der Waals surface area contributed by atoms with Crippen molar-refractivity contribution in [1.29, 1.82) is 0 Å². The Labute approximate surface area is 104 Å². The number of carbonyl (C=O) groups excluding carboxylic acids is 1. The maximum absolute atomic E-state index is 12.3. The van der Waals surface area contributed by atoms with Gasteiger partial charge in [-0.3, -0.25) is 10.1 Å². The van der Waals surface area contributed by atoms with Crippen LogP contribution in [0.2, 0.25) is 0 Å². The number of hydrogen-bond acceptors (Lipinski definition) is 3. The van der Waals surface area contributed by atoms with E-state index in [1.165, 1.54) is 0 Å². The number of likely N-dealkylation sites (N-methyl/N-ethyl adjacent to an activating group) is 1. The van der Waals surface area contributed by atoms with Gasteiger partial charge in [-0.1, -0.05) is 13.8 Å². The van der Waals surface area contributed by atoms with E-state index < -0.39 is 0 Å². The molecule has 2 fully saturated rings. The molecule has 17 heavy (non-hydrogen) atoms. The summed E-state index contributed by atoms with van der Waals surface area (Å²) in [6.07, 6.45) is 3.36. The molecule has 1 aliphatic heterocycles. The molecule has 0 aromatic carbocycles. The Morgan fingerprint density at radius 1 is 1.47 bits per heavy atom. The Balaban J connectivity index is 2.00. The molecule has 1 saturated heterocycles. The number of carbonyl (C=O) groups is 1. The van der Waals surface area contributed by atoms with Crippen molar-refractivity contribution in [1.82, 2.24) is 15.1 Å². The lowest BCUT2D eigenvalue weighted by molar-refractivity contribution is -0.131. The molecule has 1 unspecified atom stereocenters. The topological polar surface area (TPSA) is 35.6 Å². The Morgan fingerprint density at radius 2 is 2.12 bits per heavy atom. The first-order chi connectivity index (χ1) is 7.94. The zero-order valence-electron chi connectivity index (χ0n) is 11.5. The molecule has 4 nitrogen and oxygen atoms in total. The molecule has 1 heterocycles. The van der Waals surface area contributed by atoms with Crippen LogP contribution in [0.15, 0.2) is 0 Å². The highest BCUT2D eigenvalue weighted by molar-refractivity contribution is 5.91. The van der Waals surface area contributed by atoms with Gasteiger partial charge in [0.05, 0.1) is 11.7 Å². The highest BCUT2D eigenvalue weighted by atomic mass is 16.2. The van der Waals surface area contributed by atoms with Gasteiger partial charge in [-0.25, -0.2) is 0 Å². The van der Waals surface area contributed by atoms with E-state index in [1.54, 1.807) is 0 Å². The molecule has 0 aromatic heterocycles. The van der Waals surface area contributed by atoms with Crippen LogP contribution in [-0.2, 0) is 4.79 Å². The maximum Gasteiger partial charge on any atom is 0.244 e. The normalized spacial score (nSPS) is 26.6. The third-order valence-electron chi connectivity index (χ3n) is 3.72. The van der Waals surface area contributed by atoms with E-state index in [0.717, 1.165) is 32.4 Å². The van der Waals surface area contributed by atoms with E-state index in [-0.39, 0.29) is 11.7 Å². The summed E-state index contributed by atoms with van der Waals surface area (Å²) in [5.41, 5.74) is -0.161. The van der Waals surface area contributed by atoms with E-state index in [9.17, 15) is 4.79 Å². The summed E-state index contributed by atoms with van der Waals surface area (Å²) in [4.78, 5) is 16.5. The van der Waals surface area contributed by atoms with Crippen molar-refractivity contribution in [2.45, 2.75) is 44.8 Å². The second-order valence-electron chi connectivity index (χ2n) is 6.17. The third kappa shape index (κ3) is 2.63. The van der Waals surface area contributed by atoms with Gasteiger partial charge in [-0.2, -0.15) is 0 Å². The van der Waals surface area contributed by atoms with Crippen LogP contribution in [0.3, 0.4) is 0 Å². The molecule has 1 atom stereocenters. The van der Waals surface area contributed by atoms with Crippen LogP contribution in [0.5, 0.6) is 0 Å². The summed E-state index contributed by atoms with van der Waals surface area (Å²) in [6, 6.07) is 0. The van der Waals surface area contributed by atoms with Gasteiger partial charge < -0.3 is 9.80 Å². The Kier molecular flexibility index (Phi) is 3.46. The van der Waals surface area contributed by atoms with Crippen LogP contribution in [-0.4, -0.2) is 54.6 Å². The SMILES string of the molecule is CC(C)CC1NC2(CC2)C(=O)N1CCN(C)C. The third-order valence-corrected chi connectivity index (χ3v) is 3.72. The number of nitrogens with zero attached hydrogens (tertiary/aromatic N) is 2. The minimum absolute atomic E-state index is 0.161. The predicted octanol–water partition coefficient (Wildman–Crippen LogP) is 0.885. The average Bonchev–Trinajstić information content (AvgIpc) is 2.92. The van der Waals surface area contributed by atoms with Gasteiger partial charge in [0.1, 0.15) is 0 Å². The second kappa shape index (κ2) is 4.58. The van der Waals surface area contributed by atoms with Gasteiger partial charge in [-0.15, -0.1) is 0 Å². The van der Waals surface area contributed by atoms with Gasteiger partial charge in [0.25, 0.3) is 0 Å². The zero-order chi connectivity index (χ0) is 12.6. The van der Waals surface area contributed by atoms with Crippen LogP contribution in [0, 0.1) is 5.92 Å². The van der Waals surface area contributed by atoms with Gasteiger partial charge in [-0.05, 0) is 39.3 Å². The summed E-state index contributed by atoms with van der Waals surface area (Å²) in [7, 11) is 4.11. The smallest absolute Gasteiger partial charge is 0.244 e. The van der Waals surface area contributed by atoms with Gasteiger partial charge in [0.2, 0.25) is 5.91 Å². The van der Waals surface area contributed by atoms with Crippen molar-refractivity contribution in [2.75, 3.05) is 27.2 Å². The van der Waals surface area contributed by atoms with Crippen LogP contribution in [0.4, 0.5) is 0 Å². The van der Waals surface area contributed by atoms with Crippen molar-refractivity contribution >= 4 is 5.91 Å². The molecule has 1 saturated carbocycles. The van der Waals surface area contributed by atoms with Gasteiger partial charge in [0.15, 0.2) is 0 Å².